The average Bonchev–Trinajstić information content (AvgIpc) is 2.49. The minimum absolute atomic E-state index is 0.306. The molecule has 0 saturated heterocycles. The van der Waals surface area contributed by atoms with E-state index in [1.165, 1.54) is 6.07 Å². The van der Waals surface area contributed by atoms with Crippen molar-refractivity contribution >= 4 is 5.69 Å². The molecule has 0 aromatic heterocycles. The van der Waals surface area contributed by atoms with E-state index < -0.39 is 5.82 Å². The zero-order valence-corrected chi connectivity index (χ0v) is 11.0. The average molecular weight is 265 g/mol. The van der Waals surface area contributed by atoms with Gasteiger partial charge in [-0.1, -0.05) is 12.1 Å². The largest absolute Gasteiger partial charge is 0.370 e. The first-order valence-corrected chi connectivity index (χ1v) is 6.04. The van der Waals surface area contributed by atoms with Gasteiger partial charge in [0.15, 0.2) is 0 Å². The van der Waals surface area contributed by atoms with Crippen molar-refractivity contribution in [1.29, 1.82) is 10.5 Å². The maximum absolute atomic E-state index is 13.8. The molecule has 0 atom stereocenters. The molecule has 0 aliphatic heterocycles. The quantitative estimate of drug-likeness (QED) is 0.856. The number of nitriles is 2. The molecule has 2 aromatic rings. The van der Waals surface area contributed by atoms with Gasteiger partial charge in [0, 0.05) is 24.8 Å². The second kappa shape index (κ2) is 5.86. The number of halogens is 1. The number of hydrogen-bond acceptors (Lipinski definition) is 3. The van der Waals surface area contributed by atoms with Crippen LogP contribution in [0.3, 0.4) is 0 Å². The molecular weight excluding hydrogens is 253 g/mol. The first kappa shape index (κ1) is 13.6. The van der Waals surface area contributed by atoms with Crippen molar-refractivity contribution in [2.75, 3.05) is 11.9 Å². The van der Waals surface area contributed by atoms with Gasteiger partial charge in [-0.05, 0) is 30.3 Å². The van der Waals surface area contributed by atoms with E-state index in [2.05, 4.69) is 6.07 Å². The third-order valence-electron chi connectivity index (χ3n) is 3.01. The first-order chi connectivity index (χ1) is 9.63. The summed E-state index contributed by atoms with van der Waals surface area (Å²) in [7, 11) is 1.83. The van der Waals surface area contributed by atoms with E-state index in [-0.39, 0.29) is 0 Å². The molecule has 3 nitrogen and oxygen atoms in total. The summed E-state index contributed by atoms with van der Waals surface area (Å²) in [5, 5.41) is 17.6. The fourth-order valence-electron chi connectivity index (χ4n) is 1.90. The van der Waals surface area contributed by atoms with Crippen LogP contribution < -0.4 is 4.90 Å². The van der Waals surface area contributed by atoms with Gasteiger partial charge >= 0.3 is 0 Å². The first-order valence-electron chi connectivity index (χ1n) is 6.04. The zero-order valence-electron chi connectivity index (χ0n) is 11.0. The SMILES string of the molecule is CN(Cc1ccc(C#N)cc1F)c1cccc(C#N)c1. The normalized spacial score (nSPS) is 9.60. The van der Waals surface area contributed by atoms with Crippen LogP contribution in [0.5, 0.6) is 0 Å². The van der Waals surface area contributed by atoms with Crippen LogP contribution >= 0.6 is 0 Å². The van der Waals surface area contributed by atoms with Gasteiger partial charge in [0.25, 0.3) is 0 Å². The lowest BCUT2D eigenvalue weighted by atomic mass is 10.1. The second-order valence-electron chi connectivity index (χ2n) is 4.44. The molecule has 0 heterocycles. The molecule has 0 radical (unpaired) electrons. The van der Waals surface area contributed by atoms with Crippen LogP contribution in [0.1, 0.15) is 16.7 Å². The monoisotopic (exact) mass is 265 g/mol. The lowest BCUT2D eigenvalue weighted by Gasteiger charge is -2.20. The maximum atomic E-state index is 13.8. The Morgan fingerprint density at radius 3 is 2.40 bits per heavy atom. The molecule has 0 saturated carbocycles. The van der Waals surface area contributed by atoms with Crippen molar-refractivity contribution in [3.05, 3.63) is 65.0 Å². The molecule has 2 aromatic carbocycles. The third kappa shape index (κ3) is 2.93. The Bertz CT molecular complexity index is 710. The fraction of sp³-hybridized carbons (Fsp3) is 0.125. The van der Waals surface area contributed by atoms with Gasteiger partial charge in [-0.2, -0.15) is 10.5 Å². The maximum Gasteiger partial charge on any atom is 0.129 e. The van der Waals surface area contributed by atoms with E-state index in [0.29, 0.717) is 23.2 Å². The molecule has 20 heavy (non-hydrogen) atoms. The highest BCUT2D eigenvalue weighted by Crippen LogP contribution is 2.19. The van der Waals surface area contributed by atoms with Crippen LogP contribution in [0.4, 0.5) is 10.1 Å². The molecule has 0 spiro atoms. The Balaban J connectivity index is 2.21. The van der Waals surface area contributed by atoms with E-state index in [4.69, 9.17) is 10.5 Å². The third-order valence-corrected chi connectivity index (χ3v) is 3.01. The van der Waals surface area contributed by atoms with Gasteiger partial charge in [0.1, 0.15) is 5.82 Å². The van der Waals surface area contributed by atoms with Gasteiger partial charge in [0.2, 0.25) is 0 Å². The minimum Gasteiger partial charge on any atom is -0.370 e. The van der Waals surface area contributed by atoms with Crippen LogP contribution in [0, 0.1) is 28.5 Å². The molecule has 0 fully saturated rings. The van der Waals surface area contributed by atoms with Crippen molar-refractivity contribution in [1.82, 2.24) is 0 Å². The zero-order chi connectivity index (χ0) is 14.5. The van der Waals surface area contributed by atoms with E-state index in [9.17, 15) is 4.39 Å². The van der Waals surface area contributed by atoms with Crippen molar-refractivity contribution in [2.24, 2.45) is 0 Å². The summed E-state index contributed by atoms with van der Waals surface area (Å²) < 4.78 is 13.8. The summed E-state index contributed by atoms with van der Waals surface area (Å²) in [5.41, 5.74) is 2.22. The molecule has 0 bridgehead atoms. The molecule has 0 amide bonds. The van der Waals surface area contributed by atoms with E-state index in [1.54, 1.807) is 30.3 Å². The van der Waals surface area contributed by atoms with Crippen LogP contribution in [-0.2, 0) is 6.54 Å². The molecule has 2 rings (SSSR count). The summed E-state index contributed by atoms with van der Waals surface area (Å²) in [4.78, 5) is 1.85. The van der Waals surface area contributed by atoms with Crippen molar-refractivity contribution < 1.29 is 4.39 Å². The van der Waals surface area contributed by atoms with Crippen molar-refractivity contribution in [3.8, 4) is 12.1 Å². The Labute approximate surface area is 117 Å². The lowest BCUT2D eigenvalue weighted by molar-refractivity contribution is 0.607. The van der Waals surface area contributed by atoms with Crippen LogP contribution in [-0.4, -0.2) is 7.05 Å². The summed E-state index contributed by atoms with van der Waals surface area (Å²) in [6.45, 7) is 0.367. The van der Waals surface area contributed by atoms with Gasteiger partial charge in [-0.15, -0.1) is 0 Å². The van der Waals surface area contributed by atoms with Gasteiger partial charge in [-0.3, -0.25) is 0 Å². The predicted molar refractivity (Wildman–Crippen MR) is 74.4 cm³/mol. The van der Waals surface area contributed by atoms with Crippen LogP contribution in [0.25, 0.3) is 0 Å². The summed E-state index contributed by atoms with van der Waals surface area (Å²) >= 11 is 0. The molecule has 98 valence electrons. The number of rotatable bonds is 3. The topological polar surface area (TPSA) is 50.8 Å². The van der Waals surface area contributed by atoms with Crippen LogP contribution in [0.15, 0.2) is 42.5 Å². The Morgan fingerprint density at radius 1 is 1.05 bits per heavy atom. The Morgan fingerprint density at radius 2 is 1.75 bits per heavy atom. The second-order valence-corrected chi connectivity index (χ2v) is 4.44. The molecular formula is C16H12FN3. The number of hydrogen-bond donors (Lipinski definition) is 0. The highest BCUT2D eigenvalue weighted by Gasteiger charge is 2.08. The summed E-state index contributed by atoms with van der Waals surface area (Å²) in [6.07, 6.45) is 0. The van der Waals surface area contributed by atoms with E-state index >= 15 is 0 Å². The number of benzene rings is 2. The van der Waals surface area contributed by atoms with E-state index in [1.807, 2.05) is 24.1 Å². The standard InChI is InChI=1S/C16H12FN3/c1-20(15-4-2-3-12(7-15)9-18)11-14-6-5-13(10-19)8-16(14)17/h2-8H,11H2,1H3. The smallest absolute Gasteiger partial charge is 0.129 e. The van der Waals surface area contributed by atoms with E-state index in [0.717, 1.165) is 5.69 Å². The highest BCUT2D eigenvalue weighted by atomic mass is 19.1. The molecule has 4 heteroatoms. The minimum atomic E-state index is -0.396. The highest BCUT2D eigenvalue weighted by molar-refractivity contribution is 5.51. The van der Waals surface area contributed by atoms with Gasteiger partial charge in [-0.25, -0.2) is 4.39 Å². The fourth-order valence-corrected chi connectivity index (χ4v) is 1.90. The summed E-state index contributed by atoms with van der Waals surface area (Å²) in [6, 6.07) is 15.5. The lowest BCUT2D eigenvalue weighted by Crippen LogP contribution is -2.17. The number of nitrogens with zero attached hydrogens (tertiary/aromatic N) is 3. The Kier molecular flexibility index (Phi) is 3.98. The van der Waals surface area contributed by atoms with Gasteiger partial charge < -0.3 is 4.90 Å². The molecule has 0 unspecified atom stereocenters. The molecule has 0 aliphatic rings. The molecule has 0 aliphatic carbocycles. The van der Waals surface area contributed by atoms with Crippen LogP contribution in [0.2, 0.25) is 0 Å². The summed E-state index contributed by atoms with van der Waals surface area (Å²) in [5.74, 6) is -0.396. The Hall–Kier alpha value is -2.85. The van der Waals surface area contributed by atoms with Crippen molar-refractivity contribution in [3.63, 3.8) is 0 Å². The molecule has 0 N–H and O–H groups in total. The van der Waals surface area contributed by atoms with Crippen molar-refractivity contribution in [2.45, 2.75) is 6.54 Å². The predicted octanol–water partition coefficient (Wildman–Crippen LogP) is 3.21. The number of anilines is 1. The van der Waals surface area contributed by atoms with Gasteiger partial charge in [0.05, 0.1) is 23.3 Å².